The van der Waals surface area contributed by atoms with E-state index in [0.717, 1.165) is 35.9 Å². The van der Waals surface area contributed by atoms with E-state index in [1.165, 1.54) is 13.0 Å². The Labute approximate surface area is 106 Å². The number of fused-ring (bicyclic) bond motifs is 2. The first-order chi connectivity index (χ1) is 8.90. The van der Waals surface area contributed by atoms with Crippen LogP contribution in [-0.4, -0.2) is 35.6 Å². The maximum Gasteiger partial charge on any atom is 0.147 e. The van der Waals surface area contributed by atoms with Gasteiger partial charge < -0.3 is 10.2 Å². The fourth-order valence-corrected chi connectivity index (χ4v) is 2.93. The summed E-state index contributed by atoms with van der Waals surface area (Å²) in [5.41, 5.74) is 1.96. The molecule has 4 rings (SSSR count). The SMILES string of the molecule is c1ccc2nc(N3CC[C@@H]4CN[C@@H]4C3)cnc2c1. The minimum Gasteiger partial charge on any atom is -0.354 e. The molecule has 2 aromatic rings. The molecule has 0 spiro atoms. The molecule has 0 radical (unpaired) electrons. The largest absolute Gasteiger partial charge is 0.354 e. The normalized spacial score (nSPS) is 26.8. The standard InChI is InChI=1S/C14H16N4/c1-2-4-12-11(3-1)16-8-14(17-12)18-6-5-10-7-15-13(10)9-18/h1-4,8,10,13,15H,5-7,9H2/t10-,13-/m1/s1. The lowest BCUT2D eigenvalue weighted by atomic mass is 9.85. The lowest BCUT2D eigenvalue weighted by Crippen LogP contribution is -2.62. The molecule has 4 heteroatoms. The minimum absolute atomic E-state index is 0.659. The molecule has 0 unspecified atom stereocenters. The molecule has 18 heavy (non-hydrogen) atoms. The Balaban J connectivity index is 1.65. The predicted molar refractivity (Wildman–Crippen MR) is 71.6 cm³/mol. The lowest BCUT2D eigenvalue weighted by molar-refractivity contribution is 0.196. The third kappa shape index (κ3) is 1.56. The van der Waals surface area contributed by atoms with Crippen molar-refractivity contribution in [2.45, 2.75) is 12.5 Å². The van der Waals surface area contributed by atoms with Crippen molar-refractivity contribution in [2.24, 2.45) is 5.92 Å². The summed E-state index contributed by atoms with van der Waals surface area (Å²) >= 11 is 0. The Morgan fingerprint density at radius 2 is 2.11 bits per heavy atom. The third-order valence-electron chi connectivity index (χ3n) is 4.16. The van der Waals surface area contributed by atoms with Crippen LogP contribution in [0.1, 0.15) is 6.42 Å². The summed E-state index contributed by atoms with van der Waals surface area (Å²) in [7, 11) is 0. The van der Waals surface area contributed by atoms with E-state index in [1.54, 1.807) is 0 Å². The second kappa shape index (κ2) is 3.92. The molecule has 2 aliphatic heterocycles. The number of nitrogens with zero attached hydrogens (tertiary/aromatic N) is 3. The first kappa shape index (κ1) is 10.3. The van der Waals surface area contributed by atoms with Crippen LogP contribution in [0.15, 0.2) is 30.5 Å². The summed E-state index contributed by atoms with van der Waals surface area (Å²) in [6.07, 6.45) is 3.17. The molecule has 3 heterocycles. The van der Waals surface area contributed by atoms with Crippen LogP contribution in [0.2, 0.25) is 0 Å². The monoisotopic (exact) mass is 240 g/mol. The Morgan fingerprint density at radius 1 is 1.22 bits per heavy atom. The minimum atomic E-state index is 0.659. The van der Waals surface area contributed by atoms with Gasteiger partial charge in [-0.15, -0.1) is 0 Å². The van der Waals surface area contributed by atoms with Gasteiger partial charge in [0.15, 0.2) is 0 Å². The van der Waals surface area contributed by atoms with E-state index in [4.69, 9.17) is 4.98 Å². The topological polar surface area (TPSA) is 41.1 Å². The van der Waals surface area contributed by atoms with Gasteiger partial charge in [0, 0.05) is 19.1 Å². The fourth-order valence-electron chi connectivity index (χ4n) is 2.93. The van der Waals surface area contributed by atoms with Crippen molar-refractivity contribution >= 4 is 16.9 Å². The van der Waals surface area contributed by atoms with Gasteiger partial charge in [0.05, 0.1) is 17.2 Å². The van der Waals surface area contributed by atoms with Crippen LogP contribution in [0.5, 0.6) is 0 Å². The molecule has 1 aromatic carbocycles. The highest BCUT2D eigenvalue weighted by Crippen LogP contribution is 2.27. The van der Waals surface area contributed by atoms with Gasteiger partial charge in [0.2, 0.25) is 0 Å². The van der Waals surface area contributed by atoms with Gasteiger partial charge in [-0.05, 0) is 31.0 Å². The molecule has 0 amide bonds. The molecule has 92 valence electrons. The van der Waals surface area contributed by atoms with Gasteiger partial charge in [0.1, 0.15) is 5.82 Å². The summed E-state index contributed by atoms with van der Waals surface area (Å²) in [6.45, 7) is 3.37. The number of hydrogen-bond donors (Lipinski definition) is 1. The van der Waals surface area contributed by atoms with Gasteiger partial charge in [-0.1, -0.05) is 12.1 Å². The first-order valence-corrected chi connectivity index (χ1v) is 6.60. The lowest BCUT2D eigenvalue weighted by Gasteiger charge is -2.46. The van der Waals surface area contributed by atoms with Crippen LogP contribution >= 0.6 is 0 Å². The number of aromatic nitrogens is 2. The average Bonchev–Trinajstić information content (AvgIpc) is 2.40. The molecule has 2 atom stereocenters. The molecule has 0 bridgehead atoms. The highest BCUT2D eigenvalue weighted by molar-refractivity contribution is 5.75. The zero-order valence-corrected chi connectivity index (χ0v) is 10.2. The maximum atomic E-state index is 4.72. The fraction of sp³-hybridized carbons (Fsp3) is 0.429. The number of hydrogen-bond acceptors (Lipinski definition) is 4. The Kier molecular flexibility index (Phi) is 2.23. The van der Waals surface area contributed by atoms with Gasteiger partial charge in [0.25, 0.3) is 0 Å². The first-order valence-electron chi connectivity index (χ1n) is 6.60. The van der Waals surface area contributed by atoms with Crippen LogP contribution < -0.4 is 10.2 Å². The van der Waals surface area contributed by atoms with Crippen molar-refractivity contribution in [1.29, 1.82) is 0 Å². The van der Waals surface area contributed by atoms with E-state index in [-0.39, 0.29) is 0 Å². The second-order valence-corrected chi connectivity index (χ2v) is 5.23. The quantitative estimate of drug-likeness (QED) is 0.818. The van der Waals surface area contributed by atoms with Gasteiger partial charge in [-0.3, -0.25) is 4.98 Å². The van der Waals surface area contributed by atoms with Crippen LogP contribution in [0.4, 0.5) is 5.82 Å². The van der Waals surface area contributed by atoms with E-state index < -0.39 is 0 Å². The van der Waals surface area contributed by atoms with E-state index >= 15 is 0 Å². The molecule has 1 aromatic heterocycles. The van der Waals surface area contributed by atoms with E-state index in [1.807, 2.05) is 30.5 Å². The predicted octanol–water partition coefficient (Wildman–Crippen LogP) is 1.43. The molecular weight excluding hydrogens is 224 g/mol. The zero-order chi connectivity index (χ0) is 11.9. The smallest absolute Gasteiger partial charge is 0.147 e. The number of anilines is 1. The molecule has 1 N–H and O–H groups in total. The highest BCUT2D eigenvalue weighted by atomic mass is 15.2. The van der Waals surface area contributed by atoms with E-state index in [9.17, 15) is 0 Å². The molecule has 2 aliphatic rings. The number of benzene rings is 1. The molecular formula is C14H16N4. The van der Waals surface area contributed by atoms with Crippen LogP contribution in [0.25, 0.3) is 11.0 Å². The molecule has 0 saturated carbocycles. The molecule has 0 aliphatic carbocycles. The number of nitrogens with one attached hydrogen (secondary N) is 1. The van der Waals surface area contributed by atoms with E-state index in [0.29, 0.717) is 6.04 Å². The summed E-state index contributed by atoms with van der Waals surface area (Å²) in [5.74, 6) is 1.90. The second-order valence-electron chi connectivity index (χ2n) is 5.23. The summed E-state index contributed by atoms with van der Waals surface area (Å²) in [6, 6.07) is 8.71. The average molecular weight is 240 g/mol. The zero-order valence-electron chi connectivity index (χ0n) is 10.2. The van der Waals surface area contributed by atoms with Crippen molar-refractivity contribution in [1.82, 2.24) is 15.3 Å². The molecule has 2 fully saturated rings. The summed E-state index contributed by atoms with van der Waals surface area (Å²) in [4.78, 5) is 11.6. The van der Waals surface area contributed by atoms with Crippen molar-refractivity contribution in [3.05, 3.63) is 30.5 Å². The Hall–Kier alpha value is -1.68. The highest BCUT2D eigenvalue weighted by Gasteiger charge is 2.35. The third-order valence-corrected chi connectivity index (χ3v) is 4.16. The number of rotatable bonds is 1. The van der Waals surface area contributed by atoms with Crippen molar-refractivity contribution in [3.8, 4) is 0 Å². The van der Waals surface area contributed by atoms with Crippen LogP contribution in [0, 0.1) is 5.92 Å². The number of para-hydroxylation sites is 2. The Morgan fingerprint density at radius 3 is 2.89 bits per heavy atom. The van der Waals surface area contributed by atoms with Gasteiger partial charge in [-0.25, -0.2) is 4.98 Å². The number of piperidine rings is 1. The van der Waals surface area contributed by atoms with Crippen molar-refractivity contribution in [3.63, 3.8) is 0 Å². The Bertz CT molecular complexity index is 583. The van der Waals surface area contributed by atoms with Gasteiger partial charge in [-0.2, -0.15) is 0 Å². The summed E-state index contributed by atoms with van der Waals surface area (Å²) in [5, 5.41) is 3.49. The molecule has 2 saturated heterocycles. The van der Waals surface area contributed by atoms with E-state index in [2.05, 4.69) is 15.2 Å². The van der Waals surface area contributed by atoms with Crippen LogP contribution in [0.3, 0.4) is 0 Å². The summed E-state index contributed by atoms with van der Waals surface area (Å²) < 4.78 is 0. The molecule has 4 nitrogen and oxygen atoms in total. The van der Waals surface area contributed by atoms with Crippen LogP contribution in [-0.2, 0) is 0 Å². The maximum absolute atomic E-state index is 4.72. The van der Waals surface area contributed by atoms with Gasteiger partial charge >= 0.3 is 0 Å². The van der Waals surface area contributed by atoms with Crippen molar-refractivity contribution in [2.75, 3.05) is 24.5 Å². The van der Waals surface area contributed by atoms with Crippen molar-refractivity contribution < 1.29 is 0 Å².